The summed E-state index contributed by atoms with van der Waals surface area (Å²) >= 11 is 0. The molecule has 0 aliphatic heterocycles. The summed E-state index contributed by atoms with van der Waals surface area (Å²) in [6.45, 7) is 4.23. The summed E-state index contributed by atoms with van der Waals surface area (Å²) in [7, 11) is 1.80. The fourth-order valence-electron chi connectivity index (χ4n) is 3.49. The summed E-state index contributed by atoms with van der Waals surface area (Å²) in [5.74, 6) is 0. The third-order valence-corrected chi connectivity index (χ3v) is 4.74. The van der Waals surface area contributed by atoms with Crippen molar-refractivity contribution in [1.29, 1.82) is 0 Å². The normalized spacial score (nSPS) is 18.5. The second kappa shape index (κ2) is 7.80. The van der Waals surface area contributed by atoms with Gasteiger partial charge >= 0.3 is 0 Å². The van der Waals surface area contributed by atoms with E-state index in [2.05, 4.69) is 42.6 Å². The number of nitrogens with one attached hydrogen (secondary N) is 1. The predicted molar refractivity (Wildman–Crippen MR) is 85.2 cm³/mol. The molecule has 0 bridgehead atoms. The average molecular weight is 275 g/mol. The first kappa shape index (κ1) is 15.5. The van der Waals surface area contributed by atoms with Crippen LogP contribution in [0.1, 0.15) is 51.0 Å². The van der Waals surface area contributed by atoms with Gasteiger partial charge in [-0.1, -0.05) is 43.7 Å². The zero-order valence-corrected chi connectivity index (χ0v) is 13.0. The van der Waals surface area contributed by atoms with Crippen LogP contribution in [0.4, 0.5) is 0 Å². The highest BCUT2D eigenvalue weighted by atomic mass is 16.5. The van der Waals surface area contributed by atoms with Gasteiger partial charge in [0.05, 0.1) is 0 Å². The van der Waals surface area contributed by atoms with E-state index >= 15 is 0 Å². The molecule has 1 fully saturated rings. The smallest absolute Gasteiger partial charge is 0.0462 e. The molecule has 1 saturated carbocycles. The Morgan fingerprint density at radius 2 is 2.00 bits per heavy atom. The summed E-state index contributed by atoms with van der Waals surface area (Å²) in [6.07, 6.45) is 7.57. The first-order chi connectivity index (χ1) is 9.83. The van der Waals surface area contributed by atoms with Crippen molar-refractivity contribution in [2.24, 2.45) is 0 Å². The quantitative estimate of drug-likeness (QED) is 0.690. The van der Waals surface area contributed by atoms with Crippen LogP contribution < -0.4 is 5.32 Å². The van der Waals surface area contributed by atoms with Crippen LogP contribution in [-0.2, 0) is 10.2 Å². The maximum absolute atomic E-state index is 5.24. The molecule has 0 saturated heterocycles. The Labute approximate surface area is 123 Å². The number of methoxy groups -OCH3 is 1. The van der Waals surface area contributed by atoms with Crippen LogP contribution in [0.2, 0.25) is 0 Å². The van der Waals surface area contributed by atoms with Crippen LogP contribution in [0.25, 0.3) is 0 Å². The van der Waals surface area contributed by atoms with E-state index in [1.54, 1.807) is 7.11 Å². The van der Waals surface area contributed by atoms with E-state index in [1.807, 2.05) is 0 Å². The lowest BCUT2D eigenvalue weighted by molar-refractivity contribution is 0.140. The average Bonchev–Trinajstić information content (AvgIpc) is 2.44. The highest BCUT2D eigenvalue weighted by Crippen LogP contribution is 2.47. The molecule has 2 rings (SSSR count). The molecular formula is C18H29NO. The minimum Gasteiger partial charge on any atom is -0.385 e. The Morgan fingerprint density at radius 3 is 2.55 bits per heavy atom. The van der Waals surface area contributed by atoms with Crippen molar-refractivity contribution in [1.82, 2.24) is 5.32 Å². The predicted octanol–water partition coefficient (Wildman–Crippen LogP) is 3.90. The van der Waals surface area contributed by atoms with E-state index in [0.29, 0.717) is 11.5 Å². The summed E-state index contributed by atoms with van der Waals surface area (Å²) < 4.78 is 5.24. The summed E-state index contributed by atoms with van der Waals surface area (Å²) in [5.41, 5.74) is 1.89. The van der Waals surface area contributed by atoms with Gasteiger partial charge in [-0.25, -0.2) is 0 Å². The first-order valence-electron chi connectivity index (χ1n) is 8.11. The van der Waals surface area contributed by atoms with Crippen LogP contribution in [0.3, 0.4) is 0 Å². The third-order valence-electron chi connectivity index (χ3n) is 4.74. The molecule has 112 valence electrons. The van der Waals surface area contributed by atoms with Gasteiger partial charge in [0, 0.05) is 25.2 Å². The molecule has 1 N–H and O–H groups in total. The van der Waals surface area contributed by atoms with Crippen molar-refractivity contribution in [2.45, 2.75) is 56.9 Å². The number of rotatable bonds is 9. The standard InChI is InChI=1S/C18H29NO/c1-3-14-19-17(11-7-15-20-2)18(12-8-13-18)16-9-5-4-6-10-16/h4-6,9-10,17,19H,3,7-8,11-15H2,1-2H3. The minimum absolute atomic E-state index is 0.365. The van der Waals surface area contributed by atoms with Crippen LogP contribution in [0.15, 0.2) is 30.3 Å². The van der Waals surface area contributed by atoms with Gasteiger partial charge in [0.15, 0.2) is 0 Å². The molecule has 1 atom stereocenters. The van der Waals surface area contributed by atoms with Crippen molar-refractivity contribution in [3.05, 3.63) is 35.9 Å². The molecule has 1 aliphatic carbocycles. The summed E-state index contributed by atoms with van der Waals surface area (Å²) in [4.78, 5) is 0. The molecule has 0 amide bonds. The van der Waals surface area contributed by atoms with Crippen molar-refractivity contribution >= 4 is 0 Å². The molecule has 1 unspecified atom stereocenters. The van der Waals surface area contributed by atoms with E-state index < -0.39 is 0 Å². The SMILES string of the molecule is CCCNC(CCCOC)C1(c2ccccc2)CCC1. The van der Waals surface area contributed by atoms with E-state index in [4.69, 9.17) is 4.74 Å². The highest BCUT2D eigenvalue weighted by molar-refractivity contribution is 5.30. The Hall–Kier alpha value is -0.860. The van der Waals surface area contributed by atoms with Gasteiger partial charge in [-0.2, -0.15) is 0 Å². The van der Waals surface area contributed by atoms with Crippen LogP contribution in [-0.4, -0.2) is 26.3 Å². The number of benzene rings is 1. The number of hydrogen-bond donors (Lipinski definition) is 1. The van der Waals surface area contributed by atoms with Crippen molar-refractivity contribution in [2.75, 3.05) is 20.3 Å². The molecule has 1 aromatic carbocycles. The lowest BCUT2D eigenvalue weighted by Gasteiger charge is -2.49. The molecule has 0 heterocycles. The monoisotopic (exact) mass is 275 g/mol. The van der Waals surface area contributed by atoms with Gasteiger partial charge in [0.2, 0.25) is 0 Å². The first-order valence-corrected chi connectivity index (χ1v) is 8.11. The van der Waals surface area contributed by atoms with E-state index in [1.165, 1.54) is 37.7 Å². The molecule has 1 aromatic rings. The van der Waals surface area contributed by atoms with Gasteiger partial charge in [-0.3, -0.25) is 0 Å². The molecular weight excluding hydrogens is 246 g/mol. The van der Waals surface area contributed by atoms with Crippen molar-refractivity contribution in [3.8, 4) is 0 Å². The van der Waals surface area contributed by atoms with E-state index in [-0.39, 0.29) is 0 Å². The Morgan fingerprint density at radius 1 is 1.25 bits per heavy atom. The lowest BCUT2D eigenvalue weighted by Crippen LogP contribution is -2.53. The van der Waals surface area contributed by atoms with Gasteiger partial charge in [0.25, 0.3) is 0 Å². The third kappa shape index (κ3) is 3.42. The van der Waals surface area contributed by atoms with Crippen molar-refractivity contribution < 1.29 is 4.74 Å². The number of ether oxygens (including phenoxy) is 1. The molecule has 0 aromatic heterocycles. The molecule has 20 heavy (non-hydrogen) atoms. The van der Waals surface area contributed by atoms with Gasteiger partial charge < -0.3 is 10.1 Å². The second-order valence-electron chi connectivity index (χ2n) is 6.02. The highest BCUT2D eigenvalue weighted by Gasteiger charge is 2.44. The maximum atomic E-state index is 5.24. The molecule has 2 heteroatoms. The molecule has 2 nitrogen and oxygen atoms in total. The maximum Gasteiger partial charge on any atom is 0.0462 e. The zero-order chi connectivity index (χ0) is 14.3. The molecule has 1 aliphatic rings. The van der Waals surface area contributed by atoms with Crippen LogP contribution in [0.5, 0.6) is 0 Å². The molecule has 0 spiro atoms. The van der Waals surface area contributed by atoms with Crippen molar-refractivity contribution in [3.63, 3.8) is 0 Å². The van der Waals surface area contributed by atoms with Crippen LogP contribution in [0, 0.1) is 0 Å². The van der Waals surface area contributed by atoms with E-state index in [9.17, 15) is 0 Å². The summed E-state index contributed by atoms with van der Waals surface area (Å²) in [5, 5.41) is 3.81. The Balaban J connectivity index is 2.11. The largest absolute Gasteiger partial charge is 0.385 e. The van der Waals surface area contributed by atoms with Gasteiger partial charge in [-0.15, -0.1) is 0 Å². The fraction of sp³-hybridized carbons (Fsp3) is 0.667. The van der Waals surface area contributed by atoms with Gasteiger partial charge in [-0.05, 0) is 44.2 Å². The van der Waals surface area contributed by atoms with E-state index in [0.717, 1.165) is 19.6 Å². The molecule has 0 radical (unpaired) electrons. The van der Waals surface area contributed by atoms with Gasteiger partial charge in [0.1, 0.15) is 0 Å². The Bertz CT molecular complexity index is 372. The number of hydrogen-bond acceptors (Lipinski definition) is 2. The zero-order valence-electron chi connectivity index (χ0n) is 13.0. The Kier molecular flexibility index (Phi) is 6.06. The minimum atomic E-state index is 0.365. The topological polar surface area (TPSA) is 21.3 Å². The van der Waals surface area contributed by atoms with Crippen LogP contribution >= 0.6 is 0 Å². The second-order valence-corrected chi connectivity index (χ2v) is 6.02. The summed E-state index contributed by atoms with van der Waals surface area (Å²) in [6, 6.07) is 11.7. The fourth-order valence-corrected chi connectivity index (χ4v) is 3.49. The lowest BCUT2D eigenvalue weighted by atomic mass is 9.59.